The van der Waals surface area contributed by atoms with E-state index >= 15 is 0 Å². The van der Waals surface area contributed by atoms with E-state index in [0.717, 1.165) is 37.7 Å². The molecular formula is C20H37N5OS2. The summed E-state index contributed by atoms with van der Waals surface area (Å²) in [4.78, 5) is 18.5. The Kier molecular flexibility index (Phi) is 8.89. The lowest BCUT2D eigenvalue weighted by Crippen LogP contribution is -2.74. The van der Waals surface area contributed by atoms with Gasteiger partial charge in [-0.3, -0.25) is 4.79 Å². The first kappa shape index (κ1) is 23.3. The zero-order chi connectivity index (χ0) is 20.7. The van der Waals surface area contributed by atoms with Crippen molar-refractivity contribution in [3.8, 4) is 0 Å². The van der Waals surface area contributed by atoms with E-state index in [1.807, 2.05) is 4.90 Å². The summed E-state index contributed by atoms with van der Waals surface area (Å²) in [6.07, 6.45) is 7.65. The van der Waals surface area contributed by atoms with Crippen molar-refractivity contribution in [3.63, 3.8) is 0 Å². The van der Waals surface area contributed by atoms with Crippen LogP contribution in [0.15, 0.2) is 0 Å². The smallest absolute Gasteiger partial charge is 0.245 e. The fourth-order valence-corrected chi connectivity index (χ4v) is 5.02. The lowest BCUT2D eigenvalue weighted by atomic mass is 9.97. The van der Waals surface area contributed by atoms with Gasteiger partial charge in [0.15, 0.2) is 10.2 Å². The van der Waals surface area contributed by atoms with Crippen LogP contribution in [0.25, 0.3) is 0 Å². The number of unbranched alkanes of at least 4 members (excludes halogenated alkanes) is 5. The van der Waals surface area contributed by atoms with Crippen LogP contribution in [0.2, 0.25) is 0 Å². The molecule has 2 saturated heterocycles. The molecule has 1 amide bonds. The Morgan fingerprint density at radius 1 is 1.25 bits per heavy atom. The van der Waals surface area contributed by atoms with Gasteiger partial charge in [0, 0.05) is 32.2 Å². The van der Waals surface area contributed by atoms with Crippen molar-refractivity contribution < 1.29 is 4.79 Å². The Hall–Kier alpha value is -0.990. The molecule has 2 heterocycles. The molecule has 2 N–H and O–H groups in total. The fraction of sp³-hybridized carbons (Fsp3) is 0.850. The van der Waals surface area contributed by atoms with Gasteiger partial charge in [-0.25, -0.2) is 0 Å². The standard InChI is InChI=1S/C20H37N5OS2/c1-5-7-8-9-10-11-13-23(6-2)19(28)24-14-12-21-16(3)20(24,4)25-15-17(26)22-18(25)27/h16,21H,5-15H2,1-4H3,(H,22,26,27). The van der Waals surface area contributed by atoms with Crippen molar-refractivity contribution in [2.24, 2.45) is 0 Å². The average Bonchev–Trinajstić information content (AvgIpc) is 3.01. The topological polar surface area (TPSA) is 50.9 Å². The molecule has 0 bridgehead atoms. The van der Waals surface area contributed by atoms with E-state index in [1.54, 1.807) is 0 Å². The summed E-state index contributed by atoms with van der Waals surface area (Å²) in [7, 11) is 0. The van der Waals surface area contributed by atoms with Crippen molar-refractivity contribution in [1.82, 2.24) is 25.3 Å². The molecule has 0 aromatic carbocycles. The summed E-state index contributed by atoms with van der Waals surface area (Å²) < 4.78 is 0. The van der Waals surface area contributed by atoms with E-state index in [4.69, 9.17) is 24.4 Å². The third-order valence-electron chi connectivity index (χ3n) is 6.16. The number of hydrogen-bond acceptors (Lipinski definition) is 4. The van der Waals surface area contributed by atoms with Crippen LogP contribution >= 0.6 is 24.4 Å². The van der Waals surface area contributed by atoms with Crippen LogP contribution in [0.4, 0.5) is 0 Å². The molecule has 160 valence electrons. The van der Waals surface area contributed by atoms with Crippen molar-refractivity contribution in [1.29, 1.82) is 0 Å². The van der Waals surface area contributed by atoms with E-state index in [1.165, 1.54) is 32.1 Å². The summed E-state index contributed by atoms with van der Waals surface area (Å²) in [6, 6.07) is 0.123. The number of piperazine rings is 1. The van der Waals surface area contributed by atoms with Crippen molar-refractivity contribution in [2.45, 2.75) is 77.9 Å². The van der Waals surface area contributed by atoms with Crippen LogP contribution in [-0.2, 0) is 4.79 Å². The molecule has 0 aromatic heterocycles. The number of amides is 1. The number of rotatable bonds is 9. The molecule has 0 aliphatic carbocycles. The molecule has 2 atom stereocenters. The van der Waals surface area contributed by atoms with Gasteiger partial charge in [0.25, 0.3) is 0 Å². The van der Waals surface area contributed by atoms with Crippen LogP contribution in [0, 0.1) is 0 Å². The summed E-state index contributed by atoms with van der Waals surface area (Å²) in [6.45, 7) is 12.5. The van der Waals surface area contributed by atoms with E-state index in [2.05, 4.69) is 48.1 Å². The Morgan fingerprint density at radius 2 is 1.93 bits per heavy atom. The van der Waals surface area contributed by atoms with Gasteiger partial charge in [-0.2, -0.15) is 0 Å². The van der Waals surface area contributed by atoms with Crippen molar-refractivity contribution in [3.05, 3.63) is 0 Å². The second-order valence-electron chi connectivity index (χ2n) is 7.99. The second kappa shape index (κ2) is 10.7. The van der Waals surface area contributed by atoms with Gasteiger partial charge < -0.3 is 25.3 Å². The van der Waals surface area contributed by atoms with Gasteiger partial charge in [-0.15, -0.1) is 0 Å². The second-order valence-corrected chi connectivity index (χ2v) is 8.74. The molecule has 6 nitrogen and oxygen atoms in total. The van der Waals surface area contributed by atoms with Gasteiger partial charge >= 0.3 is 0 Å². The molecule has 2 fully saturated rings. The molecule has 8 heteroatoms. The summed E-state index contributed by atoms with van der Waals surface area (Å²) in [5, 5.41) is 7.68. The molecule has 28 heavy (non-hydrogen) atoms. The Balaban J connectivity index is 2.07. The highest BCUT2D eigenvalue weighted by atomic mass is 32.1. The van der Waals surface area contributed by atoms with E-state index < -0.39 is 5.66 Å². The number of nitrogens with one attached hydrogen (secondary N) is 2. The van der Waals surface area contributed by atoms with E-state index in [-0.39, 0.29) is 18.5 Å². The minimum atomic E-state index is -0.472. The number of carbonyl (C=O) groups is 1. The van der Waals surface area contributed by atoms with Gasteiger partial charge in [0.2, 0.25) is 5.91 Å². The minimum Gasteiger partial charge on any atom is -0.349 e. The molecule has 0 aromatic rings. The molecule has 2 aliphatic heterocycles. The van der Waals surface area contributed by atoms with Gasteiger partial charge in [0.05, 0.1) is 0 Å². The molecule has 2 rings (SSSR count). The first-order valence-electron chi connectivity index (χ1n) is 10.8. The largest absolute Gasteiger partial charge is 0.349 e. The van der Waals surface area contributed by atoms with Gasteiger partial charge in [-0.1, -0.05) is 39.0 Å². The summed E-state index contributed by atoms with van der Waals surface area (Å²) in [5.74, 6) is -0.0470. The highest BCUT2D eigenvalue weighted by Crippen LogP contribution is 2.30. The Labute approximate surface area is 181 Å². The van der Waals surface area contributed by atoms with Gasteiger partial charge in [-0.05, 0) is 51.6 Å². The third kappa shape index (κ3) is 5.13. The van der Waals surface area contributed by atoms with Crippen LogP contribution < -0.4 is 10.6 Å². The summed E-state index contributed by atoms with van der Waals surface area (Å²) in [5.41, 5.74) is -0.472. The monoisotopic (exact) mass is 427 g/mol. The third-order valence-corrected chi connectivity index (χ3v) is 6.96. The summed E-state index contributed by atoms with van der Waals surface area (Å²) >= 11 is 11.4. The minimum absolute atomic E-state index is 0.0470. The van der Waals surface area contributed by atoms with Crippen LogP contribution in [0.3, 0.4) is 0 Å². The highest BCUT2D eigenvalue weighted by molar-refractivity contribution is 7.80. The van der Waals surface area contributed by atoms with Crippen molar-refractivity contribution >= 4 is 40.6 Å². The van der Waals surface area contributed by atoms with Gasteiger partial charge in [0.1, 0.15) is 12.2 Å². The lowest BCUT2D eigenvalue weighted by Gasteiger charge is -2.55. The fourth-order valence-electron chi connectivity index (χ4n) is 4.17. The number of hydrogen-bond donors (Lipinski definition) is 2. The molecule has 0 radical (unpaired) electrons. The molecule has 0 saturated carbocycles. The molecular weight excluding hydrogens is 390 g/mol. The van der Waals surface area contributed by atoms with Crippen LogP contribution in [-0.4, -0.2) is 75.3 Å². The van der Waals surface area contributed by atoms with Crippen LogP contribution in [0.5, 0.6) is 0 Å². The maximum Gasteiger partial charge on any atom is 0.245 e. The number of nitrogens with zero attached hydrogens (tertiary/aromatic N) is 3. The molecule has 0 spiro atoms. The van der Waals surface area contributed by atoms with Crippen LogP contribution in [0.1, 0.15) is 66.2 Å². The zero-order valence-corrected chi connectivity index (χ0v) is 19.6. The highest BCUT2D eigenvalue weighted by Gasteiger charge is 2.50. The normalized spacial score (nSPS) is 25.2. The Morgan fingerprint density at radius 3 is 2.54 bits per heavy atom. The zero-order valence-electron chi connectivity index (χ0n) is 17.9. The first-order valence-corrected chi connectivity index (χ1v) is 11.6. The van der Waals surface area contributed by atoms with Crippen molar-refractivity contribution in [2.75, 3.05) is 32.7 Å². The van der Waals surface area contributed by atoms with E-state index in [0.29, 0.717) is 5.11 Å². The lowest BCUT2D eigenvalue weighted by molar-refractivity contribution is -0.120. The maximum atomic E-state index is 11.9. The van der Waals surface area contributed by atoms with E-state index in [9.17, 15) is 4.79 Å². The SMILES string of the molecule is CCCCCCCCN(CC)C(=S)N1CCNC(C)C1(C)N1CC(=O)NC1=S. The Bertz CT molecular complexity index is 573. The molecule has 2 unspecified atom stereocenters. The quantitative estimate of drug-likeness (QED) is 0.433. The maximum absolute atomic E-state index is 11.9. The average molecular weight is 428 g/mol. The number of carbonyl (C=O) groups excluding carboxylic acids is 1. The predicted molar refractivity (Wildman–Crippen MR) is 123 cm³/mol. The predicted octanol–water partition coefficient (Wildman–Crippen LogP) is 2.68. The first-order chi connectivity index (χ1) is 13.4. The molecule has 2 aliphatic rings. The number of thiocarbonyl (C=S) groups is 2.